The summed E-state index contributed by atoms with van der Waals surface area (Å²) in [6, 6.07) is 6.13. The molecule has 1 unspecified atom stereocenters. The third-order valence-electron chi connectivity index (χ3n) is 2.16. The molecule has 0 aliphatic carbocycles. The van der Waals surface area contributed by atoms with Crippen LogP contribution in [0.3, 0.4) is 0 Å². The van der Waals surface area contributed by atoms with Crippen molar-refractivity contribution < 1.29 is 9.13 Å². The molecule has 0 aliphatic rings. The summed E-state index contributed by atoms with van der Waals surface area (Å²) in [5.74, 6) is 0.118. The molecule has 0 bridgehead atoms. The van der Waals surface area contributed by atoms with E-state index in [4.69, 9.17) is 15.7 Å². The predicted molar refractivity (Wildman–Crippen MR) is 59.3 cm³/mol. The number of benzene rings is 1. The molecule has 1 atom stereocenters. The van der Waals surface area contributed by atoms with Crippen LogP contribution in [0, 0.1) is 17.1 Å². The molecule has 3 nitrogen and oxygen atoms in total. The van der Waals surface area contributed by atoms with E-state index in [9.17, 15) is 4.39 Å². The molecule has 86 valence electrons. The van der Waals surface area contributed by atoms with Crippen molar-refractivity contribution in [2.75, 3.05) is 6.61 Å². The lowest BCUT2D eigenvalue weighted by Gasteiger charge is -2.13. The summed E-state index contributed by atoms with van der Waals surface area (Å²) >= 11 is 0. The quantitative estimate of drug-likeness (QED) is 0.779. The first-order valence-electron chi connectivity index (χ1n) is 5.20. The lowest BCUT2D eigenvalue weighted by Crippen LogP contribution is -2.09. The van der Waals surface area contributed by atoms with Gasteiger partial charge in [-0.05, 0) is 19.4 Å². The lowest BCUT2D eigenvalue weighted by molar-refractivity contribution is 0.306. The molecule has 0 heterocycles. The zero-order chi connectivity index (χ0) is 12.0. The van der Waals surface area contributed by atoms with E-state index in [1.165, 1.54) is 12.1 Å². The number of nitriles is 1. The van der Waals surface area contributed by atoms with Crippen molar-refractivity contribution in [1.29, 1.82) is 5.26 Å². The second kappa shape index (κ2) is 6.09. The van der Waals surface area contributed by atoms with Crippen molar-refractivity contribution >= 4 is 0 Å². The van der Waals surface area contributed by atoms with E-state index in [1.807, 2.05) is 13.0 Å². The molecule has 0 amide bonds. The first kappa shape index (κ1) is 12.5. The Balaban J connectivity index is 2.69. The van der Waals surface area contributed by atoms with Gasteiger partial charge in [-0.1, -0.05) is 6.07 Å². The highest BCUT2D eigenvalue weighted by molar-refractivity contribution is 5.36. The largest absolute Gasteiger partial charge is 0.493 e. The van der Waals surface area contributed by atoms with E-state index in [0.717, 1.165) is 5.56 Å². The van der Waals surface area contributed by atoms with Gasteiger partial charge in [-0.2, -0.15) is 5.26 Å². The van der Waals surface area contributed by atoms with E-state index in [-0.39, 0.29) is 11.9 Å². The maximum absolute atomic E-state index is 13.0. The maximum Gasteiger partial charge on any atom is 0.126 e. The molecule has 0 saturated heterocycles. The van der Waals surface area contributed by atoms with Gasteiger partial charge in [0.2, 0.25) is 0 Å². The van der Waals surface area contributed by atoms with Crippen molar-refractivity contribution in [3.8, 4) is 11.8 Å². The molecule has 0 fully saturated rings. The average Bonchev–Trinajstić information content (AvgIpc) is 2.24. The van der Waals surface area contributed by atoms with Crippen molar-refractivity contribution in [3.63, 3.8) is 0 Å². The number of hydrogen-bond acceptors (Lipinski definition) is 3. The van der Waals surface area contributed by atoms with E-state index >= 15 is 0 Å². The zero-order valence-corrected chi connectivity index (χ0v) is 9.24. The van der Waals surface area contributed by atoms with Crippen LogP contribution in [0.2, 0.25) is 0 Å². The molecule has 0 aliphatic heterocycles. The van der Waals surface area contributed by atoms with Crippen LogP contribution in [0.15, 0.2) is 18.2 Å². The van der Waals surface area contributed by atoms with Crippen LogP contribution in [0.1, 0.15) is 31.4 Å². The van der Waals surface area contributed by atoms with Crippen LogP contribution >= 0.6 is 0 Å². The Morgan fingerprint density at radius 3 is 2.94 bits per heavy atom. The second-order valence-corrected chi connectivity index (χ2v) is 3.58. The number of hydrogen-bond donors (Lipinski definition) is 1. The Hall–Kier alpha value is -1.60. The first-order chi connectivity index (χ1) is 7.65. The highest BCUT2D eigenvalue weighted by Crippen LogP contribution is 2.24. The molecule has 0 aromatic heterocycles. The number of halogens is 1. The Morgan fingerprint density at radius 1 is 1.56 bits per heavy atom. The van der Waals surface area contributed by atoms with Crippen molar-refractivity contribution in [3.05, 3.63) is 29.6 Å². The summed E-state index contributed by atoms with van der Waals surface area (Å²) in [5.41, 5.74) is 6.52. The van der Waals surface area contributed by atoms with Gasteiger partial charge in [-0.3, -0.25) is 0 Å². The minimum Gasteiger partial charge on any atom is -0.493 e. The number of rotatable bonds is 5. The van der Waals surface area contributed by atoms with Crippen molar-refractivity contribution in [1.82, 2.24) is 0 Å². The van der Waals surface area contributed by atoms with Gasteiger partial charge in [-0.25, -0.2) is 4.39 Å². The van der Waals surface area contributed by atoms with Gasteiger partial charge in [-0.15, -0.1) is 0 Å². The summed E-state index contributed by atoms with van der Waals surface area (Å²) in [4.78, 5) is 0. The highest BCUT2D eigenvalue weighted by Gasteiger charge is 2.09. The summed E-state index contributed by atoms with van der Waals surface area (Å²) in [6.07, 6.45) is 1.06. The van der Waals surface area contributed by atoms with Crippen molar-refractivity contribution in [2.45, 2.75) is 25.8 Å². The van der Waals surface area contributed by atoms with Gasteiger partial charge in [0.05, 0.1) is 12.7 Å². The predicted octanol–water partition coefficient (Wildman–Crippen LogP) is 2.53. The van der Waals surface area contributed by atoms with E-state index in [2.05, 4.69) is 0 Å². The summed E-state index contributed by atoms with van der Waals surface area (Å²) in [5, 5.41) is 8.36. The Morgan fingerprint density at radius 2 is 2.31 bits per heavy atom. The van der Waals surface area contributed by atoms with Crippen LogP contribution in [0.5, 0.6) is 5.75 Å². The molecule has 2 N–H and O–H groups in total. The van der Waals surface area contributed by atoms with Gasteiger partial charge in [0.25, 0.3) is 0 Å². The number of unbranched alkanes of at least 4 members (excludes halogenated alkanes) is 1. The fourth-order valence-corrected chi connectivity index (χ4v) is 1.34. The molecule has 16 heavy (non-hydrogen) atoms. The summed E-state index contributed by atoms with van der Waals surface area (Å²) < 4.78 is 18.4. The molecule has 1 rings (SSSR count). The van der Waals surface area contributed by atoms with Crippen LogP contribution in [-0.2, 0) is 0 Å². The smallest absolute Gasteiger partial charge is 0.126 e. The SMILES string of the molecule is CC(N)c1ccc(F)cc1OCCCC#N. The Labute approximate surface area is 94.6 Å². The van der Waals surface area contributed by atoms with E-state index in [0.29, 0.717) is 25.2 Å². The third-order valence-corrected chi connectivity index (χ3v) is 2.16. The minimum absolute atomic E-state index is 0.202. The average molecular weight is 222 g/mol. The van der Waals surface area contributed by atoms with Gasteiger partial charge in [0.15, 0.2) is 0 Å². The molecule has 4 heteroatoms. The Bertz CT molecular complexity index is 385. The van der Waals surface area contributed by atoms with Crippen LogP contribution in [0.25, 0.3) is 0 Å². The first-order valence-corrected chi connectivity index (χ1v) is 5.20. The van der Waals surface area contributed by atoms with Crippen LogP contribution < -0.4 is 10.5 Å². The number of ether oxygens (including phenoxy) is 1. The summed E-state index contributed by atoms with van der Waals surface area (Å²) in [6.45, 7) is 2.21. The van der Waals surface area contributed by atoms with Gasteiger partial charge in [0.1, 0.15) is 11.6 Å². The monoisotopic (exact) mass is 222 g/mol. The standard InChI is InChI=1S/C12H15FN2O/c1-9(15)11-5-4-10(13)8-12(11)16-7-3-2-6-14/h4-5,8-9H,2-3,7,15H2,1H3. The second-order valence-electron chi connectivity index (χ2n) is 3.58. The fourth-order valence-electron chi connectivity index (χ4n) is 1.34. The van der Waals surface area contributed by atoms with Crippen LogP contribution in [0.4, 0.5) is 4.39 Å². The molecule has 0 radical (unpaired) electrons. The molecule has 1 aromatic carbocycles. The maximum atomic E-state index is 13.0. The van der Waals surface area contributed by atoms with Crippen LogP contribution in [-0.4, -0.2) is 6.61 Å². The lowest BCUT2D eigenvalue weighted by atomic mass is 10.1. The molecule has 0 saturated carbocycles. The third kappa shape index (κ3) is 3.52. The molecule has 0 spiro atoms. The molecular formula is C12H15FN2O. The van der Waals surface area contributed by atoms with E-state index < -0.39 is 0 Å². The van der Waals surface area contributed by atoms with Gasteiger partial charge in [0, 0.05) is 24.1 Å². The zero-order valence-electron chi connectivity index (χ0n) is 9.24. The molecular weight excluding hydrogens is 207 g/mol. The number of nitrogens with two attached hydrogens (primary N) is 1. The van der Waals surface area contributed by atoms with Crippen molar-refractivity contribution in [2.24, 2.45) is 5.73 Å². The van der Waals surface area contributed by atoms with Gasteiger partial charge >= 0.3 is 0 Å². The van der Waals surface area contributed by atoms with E-state index in [1.54, 1.807) is 6.07 Å². The minimum atomic E-state index is -0.348. The molecule has 1 aromatic rings. The topological polar surface area (TPSA) is 59.0 Å². The highest BCUT2D eigenvalue weighted by atomic mass is 19.1. The Kier molecular flexibility index (Phi) is 4.74. The van der Waals surface area contributed by atoms with Gasteiger partial charge < -0.3 is 10.5 Å². The fraction of sp³-hybridized carbons (Fsp3) is 0.417. The normalized spacial score (nSPS) is 11.9. The summed E-state index contributed by atoms with van der Waals surface area (Å²) in [7, 11) is 0. The number of nitrogens with zero attached hydrogens (tertiary/aromatic N) is 1.